The minimum atomic E-state index is 0.247. The van der Waals surface area contributed by atoms with Crippen LogP contribution in [0.3, 0.4) is 0 Å². The molecule has 102 valence electrons. The Balaban J connectivity index is 2.52. The predicted molar refractivity (Wildman–Crippen MR) is 76.4 cm³/mol. The van der Waals surface area contributed by atoms with Crippen LogP contribution in [0, 0.1) is 0 Å². The summed E-state index contributed by atoms with van der Waals surface area (Å²) in [4.78, 5) is 0. The fourth-order valence-corrected chi connectivity index (χ4v) is 1.96. The maximum Gasteiger partial charge on any atom is 0.119 e. The van der Waals surface area contributed by atoms with Crippen molar-refractivity contribution in [3.63, 3.8) is 0 Å². The molecular weight excluding hydrogens is 224 g/mol. The lowest BCUT2D eigenvalue weighted by molar-refractivity contribution is 0.317. The van der Waals surface area contributed by atoms with Gasteiger partial charge in [-0.1, -0.05) is 45.2 Å². The summed E-state index contributed by atoms with van der Waals surface area (Å²) in [6.45, 7) is 5.09. The molecule has 1 aromatic rings. The Kier molecular flexibility index (Phi) is 7.46. The molecule has 0 fully saturated rings. The summed E-state index contributed by atoms with van der Waals surface area (Å²) in [6, 6.07) is 8.49. The molecule has 3 nitrogen and oxygen atoms in total. The molecule has 1 aromatic carbocycles. The highest BCUT2D eigenvalue weighted by Gasteiger charge is 2.08. The molecule has 1 unspecified atom stereocenters. The van der Waals surface area contributed by atoms with Crippen LogP contribution in [-0.4, -0.2) is 6.61 Å². The quantitative estimate of drug-likeness (QED) is 0.400. The normalized spacial score (nSPS) is 12.4. The van der Waals surface area contributed by atoms with Crippen LogP contribution in [0.2, 0.25) is 0 Å². The Labute approximate surface area is 111 Å². The van der Waals surface area contributed by atoms with Gasteiger partial charge in [0.05, 0.1) is 6.61 Å². The number of hydrogen-bond donors (Lipinski definition) is 2. The van der Waals surface area contributed by atoms with Gasteiger partial charge in [0.1, 0.15) is 5.75 Å². The van der Waals surface area contributed by atoms with E-state index in [1.807, 2.05) is 12.1 Å². The van der Waals surface area contributed by atoms with Crippen molar-refractivity contribution < 1.29 is 4.74 Å². The summed E-state index contributed by atoms with van der Waals surface area (Å²) in [5.41, 5.74) is 4.13. The molecule has 0 radical (unpaired) electrons. The van der Waals surface area contributed by atoms with E-state index in [0.717, 1.165) is 25.2 Å². The Hall–Kier alpha value is -1.06. The highest BCUT2D eigenvalue weighted by molar-refractivity contribution is 5.29. The van der Waals surface area contributed by atoms with Crippen molar-refractivity contribution in [2.75, 3.05) is 6.61 Å². The van der Waals surface area contributed by atoms with Gasteiger partial charge in [-0.25, -0.2) is 0 Å². The zero-order valence-electron chi connectivity index (χ0n) is 11.6. The SMILES string of the molecule is CCCCCC(NN)c1ccc(OCCC)cc1. The van der Waals surface area contributed by atoms with Gasteiger partial charge in [0.2, 0.25) is 0 Å². The predicted octanol–water partition coefficient (Wildman–Crippen LogP) is 3.56. The number of hydrazine groups is 1. The second-order valence-corrected chi connectivity index (χ2v) is 4.63. The van der Waals surface area contributed by atoms with E-state index in [9.17, 15) is 0 Å². The van der Waals surface area contributed by atoms with Crippen LogP contribution < -0.4 is 16.0 Å². The van der Waals surface area contributed by atoms with E-state index in [2.05, 4.69) is 31.4 Å². The first-order valence-corrected chi connectivity index (χ1v) is 7.00. The number of rotatable bonds is 9. The minimum absolute atomic E-state index is 0.247. The largest absolute Gasteiger partial charge is 0.494 e. The number of nitrogens with two attached hydrogens (primary N) is 1. The summed E-state index contributed by atoms with van der Waals surface area (Å²) in [5, 5.41) is 0. The first kappa shape index (κ1) is 15.0. The Morgan fingerprint density at radius 2 is 1.83 bits per heavy atom. The molecule has 1 atom stereocenters. The van der Waals surface area contributed by atoms with Gasteiger partial charge in [0.15, 0.2) is 0 Å². The van der Waals surface area contributed by atoms with Crippen LogP contribution in [0.5, 0.6) is 5.75 Å². The summed E-state index contributed by atoms with van der Waals surface area (Å²) in [5.74, 6) is 6.56. The monoisotopic (exact) mass is 250 g/mol. The Bertz CT molecular complexity index is 311. The zero-order valence-corrected chi connectivity index (χ0v) is 11.6. The molecule has 0 amide bonds. The van der Waals surface area contributed by atoms with Gasteiger partial charge in [-0.3, -0.25) is 11.3 Å². The van der Waals surface area contributed by atoms with Crippen LogP contribution in [0.15, 0.2) is 24.3 Å². The molecule has 0 saturated carbocycles. The summed E-state index contributed by atoms with van der Waals surface area (Å²) >= 11 is 0. The smallest absolute Gasteiger partial charge is 0.119 e. The Morgan fingerprint density at radius 1 is 1.11 bits per heavy atom. The summed E-state index contributed by atoms with van der Waals surface area (Å²) in [7, 11) is 0. The van der Waals surface area contributed by atoms with Crippen LogP contribution >= 0.6 is 0 Å². The van der Waals surface area contributed by atoms with Crippen molar-refractivity contribution in [1.29, 1.82) is 0 Å². The maximum absolute atomic E-state index is 5.62. The van der Waals surface area contributed by atoms with Gasteiger partial charge in [0, 0.05) is 6.04 Å². The van der Waals surface area contributed by atoms with Gasteiger partial charge < -0.3 is 4.74 Å². The topological polar surface area (TPSA) is 47.3 Å². The molecule has 0 aliphatic carbocycles. The van der Waals surface area contributed by atoms with Gasteiger partial charge in [-0.2, -0.15) is 0 Å². The molecule has 0 spiro atoms. The second-order valence-electron chi connectivity index (χ2n) is 4.63. The van der Waals surface area contributed by atoms with E-state index < -0.39 is 0 Å². The number of nitrogens with one attached hydrogen (secondary N) is 1. The third-order valence-electron chi connectivity index (χ3n) is 3.05. The van der Waals surface area contributed by atoms with E-state index in [0.29, 0.717) is 0 Å². The van der Waals surface area contributed by atoms with Gasteiger partial charge >= 0.3 is 0 Å². The number of hydrogen-bond acceptors (Lipinski definition) is 3. The lowest BCUT2D eigenvalue weighted by atomic mass is 10.0. The van der Waals surface area contributed by atoms with Crippen LogP contribution in [0.25, 0.3) is 0 Å². The molecule has 0 aliphatic rings. The molecule has 0 heterocycles. The first-order chi connectivity index (χ1) is 8.81. The standard InChI is InChI=1S/C15H26N2O/c1-3-5-6-7-15(17-16)13-8-10-14(11-9-13)18-12-4-2/h8-11,15,17H,3-7,12,16H2,1-2H3. The zero-order chi connectivity index (χ0) is 13.2. The first-order valence-electron chi connectivity index (χ1n) is 7.00. The third kappa shape index (κ3) is 5.07. The molecule has 3 heteroatoms. The van der Waals surface area contributed by atoms with E-state index in [4.69, 9.17) is 10.6 Å². The average molecular weight is 250 g/mol. The maximum atomic E-state index is 5.62. The molecule has 3 N–H and O–H groups in total. The fourth-order valence-electron chi connectivity index (χ4n) is 1.96. The number of ether oxygens (including phenoxy) is 1. The molecule has 0 bridgehead atoms. The van der Waals surface area contributed by atoms with Gasteiger partial charge in [-0.05, 0) is 30.5 Å². The van der Waals surface area contributed by atoms with Gasteiger partial charge in [-0.15, -0.1) is 0 Å². The van der Waals surface area contributed by atoms with Crippen LogP contribution in [0.4, 0.5) is 0 Å². The lowest BCUT2D eigenvalue weighted by Gasteiger charge is -2.16. The highest BCUT2D eigenvalue weighted by Crippen LogP contribution is 2.21. The van der Waals surface area contributed by atoms with Crippen molar-refractivity contribution in [2.45, 2.75) is 52.0 Å². The summed E-state index contributed by atoms with van der Waals surface area (Å²) < 4.78 is 5.57. The fraction of sp³-hybridized carbons (Fsp3) is 0.600. The number of benzene rings is 1. The van der Waals surface area contributed by atoms with E-state index in [-0.39, 0.29) is 6.04 Å². The van der Waals surface area contributed by atoms with Crippen molar-refractivity contribution in [3.05, 3.63) is 29.8 Å². The third-order valence-corrected chi connectivity index (χ3v) is 3.05. The molecule has 0 saturated heterocycles. The van der Waals surface area contributed by atoms with Crippen LogP contribution in [-0.2, 0) is 0 Å². The lowest BCUT2D eigenvalue weighted by Crippen LogP contribution is -2.27. The molecule has 0 aromatic heterocycles. The average Bonchev–Trinajstić information content (AvgIpc) is 2.42. The minimum Gasteiger partial charge on any atom is -0.494 e. The van der Waals surface area contributed by atoms with Gasteiger partial charge in [0.25, 0.3) is 0 Å². The van der Waals surface area contributed by atoms with Crippen molar-refractivity contribution in [3.8, 4) is 5.75 Å². The van der Waals surface area contributed by atoms with Crippen molar-refractivity contribution in [2.24, 2.45) is 5.84 Å². The molecule has 1 rings (SSSR count). The van der Waals surface area contributed by atoms with E-state index >= 15 is 0 Å². The summed E-state index contributed by atoms with van der Waals surface area (Å²) in [6.07, 6.45) is 5.82. The van der Waals surface area contributed by atoms with Crippen LogP contribution in [0.1, 0.15) is 57.6 Å². The Morgan fingerprint density at radius 3 is 2.39 bits per heavy atom. The van der Waals surface area contributed by atoms with Crippen molar-refractivity contribution in [1.82, 2.24) is 5.43 Å². The second kappa shape index (κ2) is 8.95. The van der Waals surface area contributed by atoms with Crippen molar-refractivity contribution >= 4 is 0 Å². The number of unbranched alkanes of at least 4 members (excludes halogenated alkanes) is 2. The molecule has 0 aliphatic heterocycles. The molecule has 18 heavy (non-hydrogen) atoms. The van der Waals surface area contributed by atoms with E-state index in [1.54, 1.807) is 0 Å². The van der Waals surface area contributed by atoms with E-state index in [1.165, 1.54) is 24.8 Å². The highest BCUT2D eigenvalue weighted by atomic mass is 16.5. The molecular formula is C15H26N2O.